The molecule has 1 unspecified atom stereocenters. The van der Waals surface area contributed by atoms with Crippen LogP contribution in [0.2, 0.25) is 0 Å². The van der Waals surface area contributed by atoms with Crippen LogP contribution >= 0.6 is 0 Å². The van der Waals surface area contributed by atoms with Crippen LogP contribution in [0.15, 0.2) is 30.7 Å². The van der Waals surface area contributed by atoms with Crippen LogP contribution in [0, 0.1) is 11.6 Å². The van der Waals surface area contributed by atoms with Crippen LogP contribution in [0.1, 0.15) is 17.4 Å². The number of hydrogen-bond donors (Lipinski definition) is 1. The zero-order valence-corrected chi connectivity index (χ0v) is 9.27. The molecular weight excluding hydrogens is 226 g/mol. The SMILES string of the molecule is Cn1cncc1C(O)Cc1cccc(F)c1F. The van der Waals surface area contributed by atoms with Gasteiger partial charge in [0, 0.05) is 13.5 Å². The molecule has 1 aromatic heterocycles. The van der Waals surface area contributed by atoms with Crippen LogP contribution in [0.4, 0.5) is 8.78 Å². The Morgan fingerprint density at radius 2 is 2.18 bits per heavy atom. The Bertz CT molecular complexity index is 525. The van der Waals surface area contributed by atoms with Gasteiger partial charge in [-0.15, -0.1) is 0 Å². The normalized spacial score (nSPS) is 12.7. The smallest absolute Gasteiger partial charge is 0.162 e. The number of benzene rings is 1. The van der Waals surface area contributed by atoms with E-state index in [1.165, 1.54) is 18.3 Å². The van der Waals surface area contributed by atoms with Gasteiger partial charge in [-0.3, -0.25) is 0 Å². The Hall–Kier alpha value is -1.75. The van der Waals surface area contributed by atoms with Crippen molar-refractivity contribution in [1.82, 2.24) is 9.55 Å². The van der Waals surface area contributed by atoms with E-state index in [9.17, 15) is 13.9 Å². The van der Waals surface area contributed by atoms with Crippen molar-refractivity contribution in [3.63, 3.8) is 0 Å². The van der Waals surface area contributed by atoms with Crippen molar-refractivity contribution in [2.24, 2.45) is 7.05 Å². The van der Waals surface area contributed by atoms with E-state index in [0.717, 1.165) is 6.07 Å². The van der Waals surface area contributed by atoms with Crippen LogP contribution < -0.4 is 0 Å². The lowest BCUT2D eigenvalue weighted by atomic mass is 10.1. The first-order chi connectivity index (χ1) is 8.09. The minimum Gasteiger partial charge on any atom is -0.386 e. The molecule has 1 heterocycles. The van der Waals surface area contributed by atoms with Crippen LogP contribution in [0.5, 0.6) is 0 Å². The summed E-state index contributed by atoms with van der Waals surface area (Å²) in [5, 5.41) is 9.91. The van der Waals surface area contributed by atoms with Crippen molar-refractivity contribution < 1.29 is 13.9 Å². The van der Waals surface area contributed by atoms with Crippen LogP contribution in [-0.4, -0.2) is 14.7 Å². The fourth-order valence-electron chi connectivity index (χ4n) is 1.71. The third kappa shape index (κ3) is 2.34. The molecule has 1 N–H and O–H groups in total. The minimum absolute atomic E-state index is 0.0170. The van der Waals surface area contributed by atoms with E-state index in [2.05, 4.69) is 4.98 Å². The van der Waals surface area contributed by atoms with E-state index in [-0.39, 0.29) is 12.0 Å². The van der Waals surface area contributed by atoms with Gasteiger partial charge in [0.1, 0.15) is 0 Å². The predicted molar refractivity (Wildman–Crippen MR) is 58.2 cm³/mol. The number of rotatable bonds is 3. The van der Waals surface area contributed by atoms with Crippen molar-refractivity contribution in [1.29, 1.82) is 0 Å². The van der Waals surface area contributed by atoms with E-state index < -0.39 is 17.7 Å². The van der Waals surface area contributed by atoms with Crippen LogP contribution in [0.25, 0.3) is 0 Å². The number of nitrogens with zero attached hydrogens (tertiary/aromatic N) is 2. The van der Waals surface area contributed by atoms with Gasteiger partial charge in [-0.1, -0.05) is 12.1 Å². The first-order valence-corrected chi connectivity index (χ1v) is 5.16. The molecule has 0 spiro atoms. The van der Waals surface area contributed by atoms with Gasteiger partial charge in [0.25, 0.3) is 0 Å². The Kier molecular flexibility index (Phi) is 3.19. The second-order valence-electron chi connectivity index (χ2n) is 3.86. The molecule has 0 saturated carbocycles. The number of halogens is 2. The van der Waals surface area contributed by atoms with Gasteiger partial charge in [-0.2, -0.15) is 0 Å². The average Bonchev–Trinajstić information content (AvgIpc) is 2.71. The van der Waals surface area contributed by atoms with E-state index >= 15 is 0 Å². The fraction of sp³-hybridized carbons (Fsp3) is 0.250. The summed E-state index contributed by atoms with van der Waals surface area (Å²) in [6, 6.07) is 3.93. The van der Waals surface area contributed by atoms with Crippen LogP contribution in [0.3, 0.4) is 0 Å². The zero-order valence-electron chi connectivity index (χ0n) is 9.27. The van der Waals surface area contributed by atoms with Crippen molar-refractivity contribution in [2.45, 2.75) is 12.5 Å². The van der Waals surface area contributed by atoms with Gasteiger partial charge in [0.2, 0.25) is 0 Å². The lowest BCUT2D eigenvalue weighted by molar-refractivity contribution is 0.168. The molecule has 1 aromatic carbocycles. The summed E-state index contributed by atoms with van der Waals surface area (Å²) in [7, 11) is 1.73. The van der Waals surface area contributed by atoms with Gasteiger partial charge >= 0.3 is 0 Å². The molecule has 0 fully saturated rings. The number of aryl methyl sites for hydroxylation is 1. The maximum atomic E-state index is 13.4. The Balaban J connectivity index is 2.22. The molecule has 90 valence electrons. The number of hydrogen-bond acceptors (Lipinski definition) is 2. The summed E-state index contributed by atoms with van der Waals surface area (Å²) in [5.41, 5.74) is 0.715. The van der Waals surface area contributed by atoms with Crippen molar-refractivity contribution in [3.8, 4) is 0 Å². The van der Waals surface area contributed by atoms with E-state index in [4.69, 9.17) is 0 Å². The molecule has 1 atom stereocenters. The van der Waals surface area contributed by atoms with E-state index in [0.29, 0.717) is 5.69 Å². The van der Waals surface area contributed by atoms with E-state index in [1.807, 2.05) is 0 Å². The van der Waals surface area contributed by atoms with Crippen molar-refractivity contribution in [3.05, 3.63) is 53.6 Å². The number of aromatic nitrogens is 2. The summed E-state index contributed by atoms with van der Waals surface area (Å²) in [6.45, 7) is 0. The molecule has 3 nitrogen and oxygen atoms in total. The van der Waals surface area contributed by atoms with Gasteiger partial charge < -0.3 is 9.67 Å². The van der Waals surface area contributed by atoms with Crippen LogP contribution in [-0.2, 0) is 13.5 Å². The monoisotopic (exact) mass is 238 g/mol. The largest absolute Gasteiger partial charge is 0.386 e. The summed E-state index contributed by atoms with van der Waals surface area (Å²) in [4.78, 5) is 3.86. The molecule has 0 amide bonds. The lowest BCUT2D eigenvalue weighted by Crippen LogP contribution is -2.08. The highest BCUT2D eigenvalue weighted by atomic mass is 19.2. The lowest BCUT2D eigenvalue weighted by Gasteiger charge is -2.11. The minimum atomic E-state index is -0.909. The Labute approximate surface area is 97.3 Å². The molecule has 0 aliphatic carbocycles. The zero-order chi connectivity index (χ0) is 12.4. The average molecular weight is 238 g/mol. The molecule has 0 bridgehead atoms. The topological polar surface area (TPSA) is 38.0 Å². The van der Waals surface area contributed by atoms with E-state index in [1.54, 1.807) is 17.9 Å². The highest BCUT2D eigenvalue weighted by Crippen LogP contribution is 2.20. The second kappa shape index (κ2) is 4.63. The Morgan fingerprint density at radius 3 is 2.82 bits per heavy atom. The highest BCUT2D eigenvalue weighted by molar-refractivity contribution is 5.21. The molecule has 5 heteroatoms. The van der Waals surface area contributed by atoms with Gasteiger partial charge in [0.15, 0.2) is 11.6 Å². The maximum absolute atomic E-state index is 13.4. The Morgan fingerprint density at radius 1 is 1.41 bits per heavy atom. The van der Waals surface area contributed by atoms with Crippen molar-refractivity contribution >= 4 is 0 Å². The number of aliphatic hydroxyl groups excluding tert-OH is 1. The van der Waals surface area contributed by atoms with Crippen molar-refractivity contribution in [2.75, 3.05) is 0 Å². The predicted octanol–water partition coefficient (Wildman–Crippen LogP) is 1.97. The third-order valence-corrected chi connectivity index (χ3v) is 2.64. The molecule has 0 saturated heterocycles. The first kappa shape index (κ1) is 11.7. The molecule has 2 rings (SSSR count). The third-order valence-electron chi connectivity index (χ3n) is 2.64. The quantitative estimate of drug-likeness (QED) is 0.887. The summed E-state index contributed by atoms with van der Waals surface area (Å²) in [5.74, 6) is -1.81. The fourth-order valence-corrected chi connectivity index (χ4v) is 1.71. The molecule has 0 aliphatic heterocycles. The molecule has 17 heavy (non-hydrogen) atoms. The number of aliphatic hydroxyl groups is 1. The van der Waals surface area contributed by atoms with Gasteiger partial charge in [-0.05, 0) is 11.6 Å². The second-order valence-corrected chi connectivity index (χ2v) is 3.86. The van der Waals surface area contributed by atoms with Gasteiger partial charge in [-0.25, -0.2) is 13.8 Å². The highest BCUT2D eigenvalue weighted by Gasteiger charge is 2.16. The molecule has 0 aliphatic rings. The standard InChI is InChI=1S/C12H12F2N2O/c1-16-7-15-6-10(16)11(17)5-8-3-2-4-9(13)12(8)14/h2-4,6-7,11,17H,5H2,1H3. The molecule has 0 radical (unpaired) electrons. The first-order valence-electron chi connectivity index (χ1n) is 5.16. The molecular formula is C12H12F2N2O. The summed E-state index contributed by atoms with van der Waals surface area (Å²) < 4.78 is 28.0. The van der Waals surface area contributed by atoms with Gasteiger partial charge in [0.05, 0.1) is 24.3 Å². The maximum Gasteiger partial charge on any atom is 0.162 e. The molecule has 2 aromatic rings. The summed E-state index contributed by atoms with van der Waals surface area (Å²) >= 11 is 0. The number of imidazole rings is 1. The summed E-state index contributed by atoms with van der Waals surface area (Å²) in [6.07, 6.45) is 2.16.